The largest absolute Gasteiger partial charge is 0.289 e. The van der Waals surface area contributed by atoms with E-state index in [-0.39, 0.29) is 21.3 Å². The maximum Gasteiger partial charge on any atom is 0.239 e. The Morgan fingerprint density at radius 1 is 0.870 bits per heavy atom. The van der Waals surface area contributed by atoms with E-state index in [4.69, 9.17) is 16.7 Å². The van der Waals surface area contributed by atoms with Gasteiger partial charge in [-0.3, -0.25) is 4.79 Å². The molecule has 0 aliphatic carbocycles. The fourth-order valence-electron chi connectivity index (χ4n) is 2.36. The SMILES string of the molecule is NS(=O)(=O)c1cc(C(=O)c2ccc3ccccc3c2)ccc1Cl. The Bertz CT molecular complexity index is 1030. The van der Waals surface area contributed by atoms with Crippen LogP contribution in [0, 0.1) is 0 Å². The molecule has 0 heterocycles. The molecule has 3 rings (SSSR count). The molecule has 6 heteroatoms. The Balaban J connectivity index is 2.09. The molecule has 3 aromatic carbocycles. The third-order valence-corrected chi connectivity index (χ3v) is 4.90. The van der Waals surface area contributed by atoms with E-state index < -0.39 is 10.0 Å². The summed E-state index contributed by atoms with van der Waals surface area (Å²) in [5, 5.41) is 7.05. The number of carbonyl (C=O) groups is 1. The van der Waals surface area contributed by atoms with Crippen LogP contribution >= 0.6 is 11.6 Å². The molecule has 0 aliphatic rings. The van der Waals surface area contributed by atoms with Crippen molar-refractivity contribution in [3.63, 3.8) is 0 Å². The maximum absolute atomic E-state index is 12.6. The van der Waals surface area contributed by atoms with Crippen molar-refractivity contribution in [1.29, 1.82) is 0 Å². The average molecular weight is 346 g/mol. The third kappa shape index (κ3) is 3.12. The van der Waals surface area contributed by atoms with Crippen molar-refractivity contribution in [3.8, 4) is 0 Å². The number of sulfonamides is 1. The topological polar surface area (TPSA) is 77.2 Å². The van der Waals surface area contributed by atoms with Crippen LogP contribution in [0.5, 0.6) is 0 Å². The zero-order valence-corrected chi connectivity index (χ0v) is 13.4. The molecule has 0 fully saturated rings. The van der Waals surface area contributed by atoms with Gasteiger partial charge in [0.25, 0.3) is 0 Å². The van der Waals surface area contributed by atoms with Crippen molar-refractivity contribution in [1.82, 2.24) is 0 Å². The van der Waals surface area contributed by atoms with Crippen molar-refractivity contribution in [2.24, 2.45) is 5.14 Å². The highest BCUT2D eigenvalue weighted by Crippen LogP contribution is 2.24. The van der Waals surface area contributed by atoms with Crippen LogP contribution in [0.3, 0.4) is 0 Å². The zero-order chi connectivity index (χ0) is 16.6. The maximum atomic E-state index is 12.6. The summed E-state index contributed by atoms with van der Waals surface area (Å²) in [7, 11) is -3.99. The standard InChI is InChI=1S/C17H12ClNO3S/c18-15-8-7-14(10-16(15)23(19,21)22)17(20)13-6-5-11-3-1-2-4-12(11)9-13/h1-10H,(H2,19,21,22). The number of rotatable bonds is 3. The first-order valence-corrected chi connectivity index (χ1v) is 8.64. The predicted octanol–water partition coefficient (Wildman–Crippen LogP) is 3.37. The minimum Gasteiger partial charge on any atom is -0.289 e. The van der Waals surface area contributed by atoms with E-state index >= 15 is 0 Å². The number of hydrogen-bond acceptors (Lipinski definition) is 3. The predicted molar refractivity (Wildman–Crippen MR) is 90.2 cm³/mol. The second kappa shape index (κ2) is 5.77. The number of carbonyl (C=O) groups excluding carboxylic acids is 1. The number of fused-ring (bicyclic) bond motifs is 1. The van der Waals surface area contributed by atoms with Crippen LogP contribution in [0.2, 0.25) is 5.02 Å². The monoisotopic (exact) mass is 345 g/mol. The van der Waals surface area contributed by atoms with E-state index in [9.17, 15) is 13.2 Å². The van der Waals surface area contributed by atoms with Crippen molar-refractivity contribution < 1.29 is 13.2 Å². The van der Waals surface area contributed by atoms with E-state index in [1.807, 2.05) is 30.3 Å². The molecule has 23 heavy (non-hydrogen) atoms. The molecule has 0 amide bonds. The van der Waals surface area contributed by atoms with Crippen LogP contribution in [-0.2, 0) is 10.0 Å². The van der Waals surface area contributed by atoms with Gasteiger partial charge in [0.1, 0.15) is 4.90 Å². The first-order valence-electron chi connectivity index (χ1n) is 6.72. The average Bonchev–Trinajstić information content (AvgIpc) is 2.53. The smallest absolute Gasteiger partial charge is 0.239 e. The highest BCUT2D eigenvalue weighted by molar-refractivity contribution is 7.89. The van der Waals surface area contributed by atoms with Gasteiger partial charge < -0.3 is 0 Å². The van der Waals surface area contributed by atoms with Gasteiger partial charge in [-0.2, -0.15) is 0 Å². The summed E-state index contributed by atoms with van der Waals surface area (Å²) in [5.74, 6) is -0.294. The van der Waals surface area contributed by atoms with Crippen molar-refractivity contribution in [3.05, 3.63) is 76.8 Å². The molecule has 0 saturated carbocycles. The summed E-state index contributed by atoms with van der Waals surface area (Å²) in [6, 6.07) is 17.0. The minimum atomic E-state index is -3.99. The van der Waals surface area contributed by atoms with E-state index in [0.717, 1.165) is 10.8 Å². The quantitative estimate of drug-likeness (QED) is 0.739. The molecule has 0 radical (unpaired) electrons. The van der Waals surface area contributed by atoms with Crippen molar-refractivity contribution >= 4 is 38.2 Å². The molecular weight excluding hydrogens is 334 g/mol. The molecule has 0 bridgehead atoms. The summed E-state index contributed by atoms with van der Waals surface area (Å²) >= 11 is 5.84. The van der Waals surface area contributed by atoms with Gasteiger partial charge in [-0.05, 0) is 35.0 Å². The second-order valence-electron chi connectivity index (χ2n) is 5.08. The lowest BCUT2D eigenvalue weighted by molar-refractivity contribution is 0.103. The fraction of sp³-hybridized carbons (Fsp3) is 0. The Hall–Kier alpha value is -2.21. The number of halogens is 1. The molecule has 0 unspecified atom stereocenters. The van der Waals surface area contributed by atoms with Gasteiger partial charge in [0.15, 0.2) is 5.78 Å². The van der Waals surface area contributed by atoms with Crippen LogP contribution in [0.4, 0.5) is 0 Å². The van der Waals surface area contributed by atoms with Gasteiger partial charge in [0.05, 0.1) is 5.02 Å². The van der Waals surface area contributed by atoms with Gasteiger partial charge in [0, 0.05) is 11.1 Å². The van der Waals surface area contributed by atoms with Gasteiger partial charge in [-0.15, -0.1) is 0 Å². The van der Waals surface area contributed by atoms with Crippen LogP contribution < -0.4 is 5.14 Å². The Morgan fingerprint density at radius 3 is 2.17 bits per heavy atom. The molecule has 3 aromatic rings. The van der Waals surface area contributed by atoms with Crippen LogP contribution in [0.15, 0.2) is 65.6 Å². The van der Waals surface area contributed by atoms with E-state index in [2.05, 4.69) is 0 Å². The highest BCUT2D eigenvalue weighted by atomic mass is 35.5. The van der Waals surface area contributed by atoms with E-state index in [1.165, 1.54) is 18.2 Å². The highest BCUT2D eigenvalue weighted by Gasteiger charge is 2.17. The van der Waals surface area contributed by atoms with Crippen molar-refractivity contribution in [2.75, 3.05) is 0 Å². The van der Waals surface area contributed by atoms with E-state index in [1.54, 1.807) is 12.1 Å². The molecule has 0 atom stereocenters. The number of primary sulfonamides is 1. The van der Waals surface area contributed by atoms with Crippen LogP contribution in [0.25, 0.3) is 10.8 Å². The Kier molecular flexibility index (Phi) is 3.93. The van der Waals surface area contributed by atoms with Gasteiger partial charge in [-0.1, -0.05) is 48.0 Å². The Labute approximate surface area is 138 Å². The van der Waals surface area contributed by atoms with Crippen LogP contribution in [0.1, 0.15) is 15.9 Å². The van der Waals surface area contributed by atoms with Gasteiger partial charge in [0.2, 0.25) is 10.0 Å². The molecule has 116 valence electrons. The van der Waals surface area contributed by atoms with Crippen molar-refractivity contribution in [2.45, 2.75) is 4.90 Å². The molecule has 0 aromatic heterocycles. The number of nitrogens with two attached hydrogens (primary N) is 1. The summed E-state index contributed by atoms with van der Waals surface area (Å²) in [6.07, 6.45) is 0. The number of hydrogen-bond donors (Lipinski definition) is 1. The van der Waals surface area contributed by atoms with Gasteiger partial charge in [-0.25, -0.2) is 13.6 Å². The minimum absolute atomic E-state index is 0.0115. The summed E-state index contributed by atoms with van der Waals surface area (Å²) in [5.41, 5.74) is 0.681. The fourth-order valence-corrected chi connectivity index (χ4v) is 3.43. The number of ketones is 1. The van der Waals surface area contributed by atoms with E-state index in [0.29, 0.717) is 5.56 Å². The Morgan fingerprint density at radius 2 is 1.48 bits per heavy atom. The first kappa shape index (κ1) is 15.7. The molecule has 0 saturated heterocycles. The molecule has 2 N–H and O–H groups in total. The molecule has 0 aliphatic heterocycles. The summed E-state index contributed by atoms with van der Waals surface area (Å²) < 4.78 is 23.0. The molecule has 0 spiro atoms. The molecular formula is C17H12ClNO3S. The zero-order valence-electron chi connectivity index (χ0n) is 11.9. The van der Waals surface area contributed by atoms with Gasteiger partial charge >= 0.3 is 0 Å². The number of benzene rings is 3. The summed E-state index contributed by atoms with van der Waals surface area (Å²) in [4.78, 5) is 12.3. The normalized spacial score (nSPS) is 11.6. The lowest BCUT2D eigenvalue weighted by Crippen LogP contribution is -2.14. The lowest BCUT2D eigenvalue weighted by Gasteiger charge is -2.07. The summed E-state index contributed by atoms with van der Waals surface area (Å²) in [6.45, 7) is 0. The third-order valence-electron chi connectivity index (χ3n) is 3.51. The van der Waals surface area contributed by atoms with Crippen LogP contribution in [-0.4, -0.2) is 14.2 Å². The lowest BCUT2D eigenvalue weighted by atomic mass is 10.00. The molecule has 4 nitrogen and oxygen atoms in total. The second-order valence-corrected chi connectivity index (χ2v) is 7.02. The first-order chi connectivity index (χ1) is 10.9.